The van der Waals surface area contributed by atoms with E-state index >= 15 is 0 Å². The highest BCUT2D eigenvalue weighted by Crippen LogP contribution is 2.30. The van der Waals surface area contributed by atoms with Crippen LogP contribution in [0.3, 0.4) is 0 Å². The second kappa shape index (κ2) is 9.15. The van der Waals surface area contributed by atoms with E-state index in [0.717, 1.165) is 17.7 Å². The first-order chi connectivity index (χ1) is 15.8. The number of alkyl halides is 3. The van der Waals surface area contributed by atoms with Gasteiger partial charge < -0.3 is 9.30 Å². The van der Waals surface area contributed by atoms with Gasteiger partial charge in [0.1, 0.15) is 5.49 Å². The van der Waals surface area contributed by atoms with Crippen LogP contribution in [0.4, 0.5) is 13.2 Å². The Morgan fingerprint density at radius 1 is 1.03 bits per heavy atom. The van der Waals surface area contributed by atoms with E-state index in [-0.39, 0.29) is 17.1 Å². The zero-order valence-electron chi connectivity index (χ0n) is 17.5. The number of rotatable bonds is 5. The van der Waals surface area contributed by atoms with Gasteiger partial charge in [-0.25, -0.2) is 4.68 Å². The number of hydrogen-bond acceptors (Lipinski definition) is 3. The molecule has 0 atom stereocenters. The molecule has 2 aromatic carbocycles. The van der Waals surface area contributed by atoms with Crippen LogP contribution in [0.25, 0.3) is 5.69 Å². The van der Waals surface area contributed by atoms with Crippen molar-refractivity contribution in [2.24, 2.45) is 4.99 Å². The lowest BCUT2D eigenvalue weighted by Gasteiger charge is -2.08. The average Bonchev–Trinajstić information content (AvgIpc) is 3.25. The number of amides is 1. The van der Waals surface area contributed by atoms with E-state index in [9.17, 15) is 18.0 Å². The lowest BCUT2D eigenvalue weighted by atomic mass is 10.2. The van der Waals surface area contributed by atoms with Crippen molar-refractivity contribution in [2.75, 3.05) is 7.11 Å². The van der Waals surface area contributed by atoms with Gasteiger partial charge in [-0.3, -0.25) is 4.79 Å². The molecule has 9 heteroatoms. The normalized spacial score (nSPS) is 12.1. The average molecular weight is 452 g/mol. The molecule has 0 radical (unpaired) electrons. The highest BCUT2D eigenvalue weighted by Gasteiger charge is 2.30. The first kappa shape index (κ1) is 22.1. The maximum absolute atomic E-state index is 13.1. The summed E-state index contributed by atoms with van der Waals surface area (Å²) in [7, 11) is 1.35. The Bertz CT molecular complexity index is 1340. The number of ether oxygens (including phenoxy) is 1. The van der Waals surface area contributed by atoms with Crippen LogP contribution in [0.1, 0.15) is 21.6 Å². The quantitative estimate of drug-likeness (QED) is 0.448. The number of carbonyl (C=O) groups excluding carboxylic acids is 1. The molecule has 0 spiro atoms. The first-order valence-electron chi connectivity index (χ1n) is 9.95. The van der Waals surface area contributed by atoms with Crippen molar-refractivity contribution >= 4 is 5.91 Å². The van der Waals surface area contributed by atoms with Crippen LogP contribution in [-0.4, -0.2) is 27.4 Å². The molecule has 1 amide bonds. The van der Waals surface area contributed by atoms with Gasteiger partial charge in [-0.2, -0.15) is 23.3 Å². The molecular formula is C24H19F3N4O2. The van der Waals surface area contributed by atoms with E-state index in [4.69, 9.17) is 4.74 Å². The lowest BCUT2D eigenvalue weighted by Crippen LogP contribution is -2.22. The number of aromatic nitrogens is 3. The third kappa shape index (κ3) is 5.03. The molecule has 0 saturated heterocycles. The zero-order chi connectivity index (χ0) is 23.4. The van der Waals surface area contributed by atoms with Crippen LogP contribution in [-0.2, 0) is 12.7 Å². The largest absolute Gasteiger partial charge is 0.493 e. The number of methoxy groups -OCH3 is 1. The lowest BCUT2D eigenvalue weighted by molar-refractivity contribution is -0.137. The Morgan fingerprint density at radius 3 is 2.52 bits per heavy atom. The second-order valence-corrected chi connectivity index (χ2v) is 7.13. The van der Waals surface area contributed by atoms with Gasteiger partial charge in [-0.1, -0.05) is 42.5 Å². The number of benzene rings is 2. The van der Waals surface area contributed by atoms with E-state index < -0.39 is 17.6 Å². The molecule has 0 unspecified atom stereocenters. The summed E-state index contributed by atoms with van der Waals surface area (Å²) < 4.78 is 47.4. The minimum Gasteiger partial charge on any atom is -0.493 e. The van der Waals surface area contributed by atoms with Crippen molar-refractivity contribution < 1.29 is 22.7 Å². The predicted molar refractivity (Wildman–Crippen MR) is 115 cm³/mol. The van der Waals surface area contributed by atoms with Crippen LogP contribution < -0.4 is 10.2 Å². The summed E-state index contributed by atoms with van der Waals surface area (Å²) in [5.41, 5.74) is 0.648. The summed E-state index contributed by atoms with van der Waals surface area (Å²) in [5, 5.41) is 4.16. The van der Waals surface area contributed by atoms with Crippen molar-refractivity contribution in [1.29, 1.82) is 0 Å². The summed E-state index contributed by atoms with van der Waals surface area (Å²) in [6.45, 7) is 0.504. The molecule has 33 heavy (non-hydrogen) atoms. The number of halogens is 3. The second-order valence-electron chi connectivity index (χ2n) is 7.13. The van der Waals surface area contributed by atoms with Crippen molar-refractivity contribution in [3.8, 4) is 11.4 Å². The molecule has 6 nitrogen and oxygen atoms in total. The van der Waals surface area contributed by atoms with Crippen molar-refractivity contribution in [3.63, 3.8) is 0 Å². The highest BCUT2D eigenvalue weighted by molar-refractivity contribution is 5.95. The summed E-state index contributed by atoms with van der Waals surface area (Å²) in [4.78, 5) is 17.1. The Morgan fingerprint density at radius 2 is 1.79 bits per heavy atom. The number of pyridine rings is 1. The van der Waals surface area contributed by atoms with E-state index in [2.05, 4.69) is 10.1 Å². The molecule has 0 fully saturated rings. The predicted octanol–water partition coefficient (Wildman–Crippen LogP) is 4.49. The standard InChI is InChI=1S/C24H19F3N4O2/c1-33-20-16-31(19-11-7-10-18(14-19)24(25,26)27)29-22(20)23(32)28-21-12-5-6-13-30(21)15-17-8-3-2-4-9-17/h2-14,16H,15H2,1H3. The van der Waals surface area contributed by atoms with Gasteiger partial charge in [0.05, 0.1) is 24.6 Å². The summed E-state index contributed by atoms with van der Waals surface area (Å²) in [6.07, 6.45) is -1.35. The minimum absolute atomic E-state index is 0.103. The van der Waals surface area contributed by atoms with E-state index in [1.165, 1.54) is 30.1 Å². The summed E-state index contributed by atoms with van der Waals surface area (Å²) >= 11 is 0. The Labute approximate surface area is 187 Å². The molecule has 4 aromatic rings. The molecular weight excluding hydrogens is 433 g/mol. The van der Waals surface area contributed by atoms with Gasteiger partial charge in [0.2, 0.25) is 0 Å². The van der Waals surface area contributed by atoms with Crippen LogP contribution in [0, 0.1) is 0 Å². The van der Waals surface area contributed by atoms with Crippen LogP contribution in [0.5, 0.6) is 5.75 Å². The fourth-order valence-electron chi connectivity index (χ4n) is 3.25. The number of nitrogens with zero attached hydrogens (tertiary/aromatic N) is 4. The van der Waals surface area contributed by atoms with Crippen LogP contribution >= 0.6 is 0 Å². The highest BCUT2D eigenvalue weighted by atomic mass is 19.4. The van der Waals surface area contributed by atoms with Gasteiger partial charge in [-0.15, -0.1) is 0 Å². The SMILES string of the molecule is COc1cn(-c2cccc(C(F)(F)F)c2)nc1C(=O)N=c1ccccn1Cc1ccccc1. The fourth-order valence-corrected chi connectivity index (χ4v) is 3.25. The Kier molecular flexibility index (Phi) is 6.12. The van der Waals surface area contributed by atoms with Gasteiger partial charge in [0, 0.05) is 12.7 Å². The molecule has 4 rings (SSSR count). The van der Waals surface area contributed by atoms with Crippen molar-refractivity contribution in [3.05, 3.63) is 107 Å². The molecule has 0 aliphatic rings. The van der Waals surface area contributed by atoms with E-state index in [0.29, 0.717) is 12.0 Å². The smallest absolute Gasteiger partial charge is 0.416 e. The molecule has 168 valence electrons. The maximum Gasteiger partial charge on any atom is 0.416 e. The molecule has 0 aliphatic heterocycles. The van der Waals surface area contributed by atoms with Crippen LogP contribution in [0.2, 0.25) is 0 Å². The summed E-state index contributed by atoms with van der Waals surface area (Å²) in [5.74, 6) is -0.572. The summed E-state index contributed by atoms with van der Waals surface area (Å²) in [6, 6.07) is 19.6. The minimum atomic E-state index is -4.50. The topological polar surface area (TPSA) is 61.4 Å². The van der Waals surface area contributed by atoms with Gasteiger partial charge in [0.25, 0.3) is 0 Å². The fraction of sp³-hybridized carbons (Fsp3) is 0.125. The van der Waals surface area contributed by atoms with Gasteiger partial charge >= 0.3 is 12.1 Å². The van der Waals surface area contributed by atoms with E-state index in [1.54, 1.807) is 18.3 Å². The number of hydrogen-bond donors (Lipinski definition) is 0. The monoisotopic (exact) mass is 452 g/mol. The molecule has 2 heterocycles. The third-order valence-electron chi connectivity index (χ3n) is 4.87. The van der Waals surface area contributed by atoms with Crippen LogP contribution in [0.15, 0.2) is 90.2 Å². The maximum atomic E-state index is 13.1. The molecule has 0 saturated carbocycles. The Hall–Kier alpha value is -4.14. The van der Waals surface area contributed by atoms with Gasteiger partial charge in [-0.05, 0) is 35.9 Å². The van der Waals surface area contributed by atoms with Crippen molar-refractivity contribution in [2.45, 2.75) is 12.7 Å². The first-order valence-corrected chi connectivity index (χ1v) is 9.95. The zero-order valence-corrected chi connectivity index (χ0v) is 17.5. The van der Waals surface area contributed by atoms with E-state index in [1.807, 2.05) is 41.0 Å². The number of carbonyl (C=O) groups is 1. The van der Waals surface area contributed by atoms with Crippen molar-refractivity contribution in [1.82, 2.24) is 14.3 Å². The molecule has 0 N–H and O–H groups in total. The Balaban J connectivity index is 1.69. The molecule has 0 aliphatic carbocycles. The third-order valence-corrected chi connectivity index (χ3v) is 4.87. The molecule has 2 aromatic heterocycles. The molecule has 0 bridgehead atoms. The van der Waals surface area contributed by atoms with Gasteiger partial charge in [0.15, 0.2) is 11.4 Å².